The molecule has 0 aromatic heterocycles. The van der Waals surface area contributed by atoms with Gasteiger partial charge in [0.1, 0.15) is 0 Å². The Kier molecular flexibility index (Phi) is 7.58. The summed E-state index contributed by atoms with van der Waals surface area (Å²) in [6.45, 7) is 0.757. The summed E-state index contributed by atoms with van der Waals surface area (Å²) < 4.78 is 0. The summed E-state index contributed by atoms with van der Waals surface area (Å²) in [5.74, 6) is 1.51. The van der Waals surface area contributed by atoms with Crippen molar-refractivity contribution in [1.82, 2.24) is 5.32 Å². The highest BCUT2D eigenvalue weighted by molar-refractivity contribution is 5.90. The summed E-state index contributed by atoms with van der Waals surface area (Å²) >= 11 is 0. The third-order valence-corrected chi connectivity index (χ3v) is 7.05. The molecule has 30 heavy (non-hydrogen) atoms. The molecule has 1 amide bonds. The second-order valence-corrected chi connectivity index (χ2v) is 9.17. The van der Waals surface area contributed by atoms with Crippen LogP contribution in [0.2, 0.25) is 0 Å². The van der Waals surface area contributed by atoms with E-state index in [-0.39, 0.29) is 5.91 Å². The summed E-state index contributed by atoms with van der Waals surface area (Å²) in [4.78, 5) is 12.3. The van der Waals surface area contributed by atoms with Crippen LogP contribution in [0.1, 0.15) is 87.2 Å². The van der Waals surface area contributed by atoms with Crippen LogP contribution in [0.3, 0.4) is 0 Å². The normalized spacial score (nSPS) is 22.5. The van der Waals surface area contributed by atoms with Gasteiger partial charge in [-0.3, -0.25) is 4.79 Å². The van der Waals surface area contributed by atoms with Crippen LogP contribution in [0.15, 0.2) is 54.6 Å². The first-order valence-corrected chi connectivity index (χ1v) is 12.0. The van der Waals surface area contributed by atoms with Crippen molar-refractivity contribution in [2.75, 3.05) is 11.9 Å². The number of carbonyl (C=O) groups excluding carboxylic acids is 1. The van der Waals surface area contributed by atoms with Gasteiger partial charge >= 0.3 is 0 Å². The zero-order chi connectivity index (χ0) is 20.6. The lowest BCUT2D eigenvalue weighted by atomic mass is 9.82. The maximum atomic E-state index is 12.3. The Labute approximate surface area is 181 Å². The van der Waals surface area contributed by atoms with Crippen molar-refractivity contribution in [3.8, 4) is 0 Å². The number of rotatable bonds is 7. The predicted molar refractivity (Wildman–Crippen MR) is 125 cm³/mol. The smallest absolute Gasteiger partial charge is 0.225 e. The van der Waals surface area contributed by atoms with Gasteiger partial charge in [-0.05, 0) is 73.6 Å². The minimum atomic E-state index is 0.103. The first kappa shape index (κ1) is 21.1. The Morgan fingerprint density at radius 2 is 1.37 bits per heavy atom. The molecule has 2 aliphatic rings. The van der Waals surface area contributed by atoms with Crippen molar-refractivity contribution in [2.45, 2.75) is 82.1 Å². The number of amides is 1. The molecule has 3 nitrogen and oxygen atoms in total. The van der Waals surface area contributed by atoms with Crippen LogP contribution < -0.4 is 10.6 Å². The van der Waals surface area contributed by atoms with Crippen molar-refractivity contribution in [1.29, 1.82) is 0 Å². The third-order valence-electron chi connectivity index (χ3n) is 7.05. The van der Waals surface area contributed by atoms with E-state index in [0.29, 0.717) is 24.3 Å². The lowest BCUT2D eigenvalue weighted by Gasteiger charge is -2.29. The fourth-order valence-corrected chi connectivity index (χ4v) is 5.24. The average Bonchev–Trinajstić information content (AvgIpc) is 2.81. The van der Waals surface area contributed by atoms with Crippen molar-refractivity contribution in [3.05, 3.63) is 65.7 Å². The Bertz CT molecular complexity index is 772. The molecule has 0 atom stereocenters. The highest BCUT2D eigenvalue weighted by atomic mass is 16.1. The van der Waals surface area contributed by atoms with Gasteiger partial charge in [0, 0.05) is 24.7 Å². The van der Waals surface area contributed by atoms with E-state index in [1.54, 1.807) is 0 Å². The average molecular weight is 405 g/mol. The Balaban J connectivity index is 1.14. The highest BCUT2D eigenvalue weighted by Gasteiger charge is 2.22. The number of carbonyl (C=O) groups is 1. The van der Waals surface area contributed by atoms with Gasteiger partial charge in [0.05, 0.1) is 0 Å². The Morgan fingerprint density at radius 1 is 0.733 bits per heavy atom. The molecule has 2 N–H and O–H groups in total. The standard InChI is InChI=1S/C27H36N2O/c30-27(29-26-17-13-24(14-18-26)22-9-5-2-6-10-22)19-20-28-25-15-11-23(12-16-25)21-7-3-1-4-8-21/h1,3-4,7-8,13-14,17-18,22-23,25,28H,2,5-6,9-12,15-16,19-20H2,(H,29,30). The second-order valence-electron chi connectivity index (χ2n) is 9.17. The number of hydrogen-bond donors (Lipinski definition) is 2. The largest absolute Gasteiger partial charge is 0.326 e. The maximum Gasteiger partial charge on any atom is 0.225 e. The zero-order valence-electron chi connectivity index (χ0n) is 18.1. The zero-order valence-corrected chi connectivity index (χ0v) is 18.1. The molecule has 4 rings (SSSR count). The van der Waals surface area contributed by atoms with E-state index in [9.17, 15) is 4.79 Å². The van der Waals surface area contributed by atoms with Gasteiger partial charge in [-0.15, -0.1) is 0 Å². The molecule has 2 aromatic rings. The molecule has 2 fully saturated rings. The fourth-order valence-electron chi connectivity index (χ4n) is 5.24. The van der Waals surface area contributed by atoms with Crippen LogP contribution in [-0.4, -0.2) is 18.5 Å². The molecule has 3 heteroatoms. The number of nitrogens with one attached hydrogen (secondary N) is 2. The first-order chi connectivity index (χ1) is 14.8. The van der Waals surface area contributed by atoms with Gasteiger partial charge in [-0.25, -0.2) is 0 Å². The molecular weight excluding hydrogens is 368 g/mol. The number of anilines is 1. The SMILES string of the molecule is O=C(CCNC1CCC(c2ccccc2)CC1)Nc1ccc(C2CCCCC2)cc1. The molecule has 0 spiro atoms. The maximum absolute atomic E-state index is 12.3. The van der Waals surface area contributed by atoms with Crippen LogP contribution in [0.25, 0.3) is 0 Å². The number of benzene rings is 2. The minimum absolute atomic E-state index is 0.103. The topological polar surface area (TPSA) is 41.1 Å². The summed E-state index contributed by atoms with van der Waals surface area (Å²) in [6, 6.07) is 20.0. The minimum Gasteiger partial charge on any atom is -0.326 e. The van der Waals surface area contributed by atoms with E-state index in [2.05, 4.69) is 65.2 Å². The lowest BCUT2D eigenvalue weighted by molar-refractivity contribution is -0.116. The molecule has 2 aromatic carbocycles. The summed E-state index contributed by atoms with van der Waals surface area (Å²) in [6.07, 6.45) is 12.1. The monoisotopic (exact) mass is 404 g/mol. The first-order valence-electron chi connectivity index (χ1n) is 12.0. The van der Waals surface area contributed by atoms with Crippen LogP contribution in [0, 0.1) is 0 Å². The second kappa shape index (κ2) is 10.8. The van der Waals surface area contributed by atoms with Crippen LogP contribution in [0.5, 0.6) is 0 Å². The Hall–Kier alpha value is -2.13. The van der Waals surface area contributed by atoms with Crippen molar-refractivity contribution < 1.29 is 4.79 Å². The van der Waals surface area contributed by atoms with Gasteiger partial charge in [-0.2, -0.15) is 0 Å². The molecule has 2 saturated carbocycles. The molecular formula is C27H36N2O. The number of hydrogen-bond acceptors (Lipinski definition) is 2. The van der Waals surface area contributed by atoms with Crippen molar-refractivity contribution in [3.63, 3.8) is 0 Å². The van der Waals surface area contributed by atoms with Gasteiger partial charge in [0.25, 0.3) is 0 Å². The fraction of sp³-hybridized carbons (Fsp3) is 0.519. The predicted octanol–water partition coefficient (Wildman–Crippen LogP) is 6.38. The molecule has 0 heterocycles. The molecule has 160 valence electrons. The van der Waals surface area contributed by atoms with Crippen LogP contribution in [-0.2, 0) is 4.79 Å². The molecule has 0 unspecified atom stereocenters. The summed E-state index contributed by atoms with van der Waals surface area (Å²) in [5.41, 5.74) is 3.83. The van der Waals surface area contributed by atoms with Gasteiger partial charge in [-0.1, -0.05) is 61.7 Å². The molecule has 0 bridgehead atoms. The quantitative estimate of drug-likeness (QED) is 0.562. The van der Waals surface area contributed by atoms with Crippen LogP contribution >= 0.6 is 0 Å². The van der Waals surface area contributed by atoms with Gasteiger partial charge in [0.15, 0.2) is 0 Å². The Morgan fingerprint density at radius 3 is 2.07 bits per heavy atom. The molecule has 0 saturated heterocycles. The molecule has 0 radical (unpaired) electrons. The lowest BCUT2D eigenvalue weighted by Crippen LogP contribution is -2.34. The van der Waals surface area contributed by atoms with Crippen LogP contribution in [0.4, 0.5) is 5.69 Å². The van der Waals surface area contributed by atoms with Gasteiger partial charge in [0.2, 0.25) is 5.91 Å². The molecule has 2 aliphatic carbocycles. The summed E-state index contributed by atoms with van der Waals surface area (Å²) in [7, 11) is 0. The molecule has 0 aliphatic heterocycles. The third kappa shape index (κ3) is 5.95. The van der Waals surface area contributed by atoms with Crippen molar-refractivity contribution in [2.24, 2.45) is 0 Å². The summed E-state index contributed by atoms with van der Waals surface area (Å²) in [5, 5.41) is 6.66. The van der Waals surface area contributed by atoms with Crippen molar-refractivity contribution >= 4 is 11.6 Å². The van der Waals surface area contributed by atoms with E-state index >= 15 is 0 Å². The van der Waals surface area contributed by atoms with E-state index < -0.39 is 0 Å². The highest BCUT2D eigenvalue weighted by Crippen LogP contribution is 2.33. The van der Waals surface area contributed by atoms with E-state index in [1.165, 1.54) is 68.9 Å². The van der Waals surface area contributed by atoms with E-state index in [4.69, 9.17) is 0 Å². The van der Waals surface area contributed by atoms with Gasteiger partial charge < -0.3 is 10.6 Å². The van der Waals surface area contributed by atoms with E-state index in [0.717, 1.165) is 12.2 Å². The van der Waals surface area contributed by atoms with E-state index in [1.807, 2.05) is 0 Å².